The van der Waals surface area contributed by atoms with E-state index in [-0.39, 0.29) is 10.8 Å². The highest BCUT2D eigenvalue weighted by molar-refractivity contribution is 6.30. The topological polar surface area (TPSA) is 37.3 Å². The molecule has 1 N–H and O–H groups in total. The summed E-state index contributed by atoms with van der Waals surface area (Å²) in [5.74, 6) is 2.61. The summed E-state index contributed by atoms with van der Waals surface area (Å²) in [4.78, 5) is 11.8. The number of carbonyl (C=O) groups excluding carboxylic acids is 1. The molecule has 0 radical (unpaired) electrons. The molecule has 0 aromatic carbocycles. The molecule has 23 heavy (non-hydrogen) atoms. The molecule has 0 bridgehead atoms. The highest BCUT2D eigenvalue weighted by atomic mass is 35.5. The maximum Gasteiger partial charge on any atom is 0.155 e. The lowest BCUT2D eigenvalue weighted by molar-refractivity contribution is -0.129. The molecule has 2 saturated carbocycles. The van der Waals surface area contributed by atoms with Crippen LogP contribution in [-0.2, 0) is 4.79 Å². The van der Waals surface area contributed by atoms with Crippen molar-refractivity contribution in [2.75, 3.05) is 0 Å². The first kappa shape index (κ1) is 15.9. The van der Waals surface area contributed by atoms with Gasteiger partial charge in [-0.15, -0.1) is 0 Å². The summed E-state index contributed by atoms with van der Waals surface area (Å²) >= 11 is 6.27. The molecule has 4 aliphatic carbocycles. The van der Waals surface area contributed by atoms with E-state index in [1.54, 1.807) is 0 Å². The summed E-state index contributed by atoms with van der Waals surface area (Å²) < 4.78 is 0. The van der Waals surface area contributed by atoms with Crippen molar-refractivity contribution in [2.45, 2.75) is 58.5 Å². The van der Waals surface area contributed by atoms with Gasteiger partial charge in [0.1, 0.15) is 0 Å². The van der Waals surface area contributed by atoms with E-state index in [0.29, 0.717) is 34.5 Å². The summed E-state index contributed by atoms with van der Waals surface area (Å²) in [6.07, 6.45) is 11.9. The zero-order valence-electron chi connectivity index (χ0n) is 14.1. The monoisotopic (exact) mass is 334 g/mol. The minimum absolute atomic E-state index is 0.0790. The molecule has 126 valence electrons. The van der Waals surface area contributed by atoms with E-state index in [1.807, 2.05) is 6.08 Å². The zero-order valence-corrected chi connectivity index (χ0v) is 14.9. The second-order valence-electron chi connectivity index (χ2n) is 8.79. The summed E-state index contributed by atoms with van der Waals surface area (Å²) in [5.41, 5.74) is 0.0818. The summed E-state index contributed by atoms with van der Waals surface area (Å²) in [6, 6.07) is 0. The normalized spacial score (nSPS) is 52.3. The van der Waals surface area contributed by atoms with Crippen LogP contribution in [0.4, 0.5) is 0 Å². The van der Waals surface area contributed by atoms with Crippen molar-refractivity contribution in [1.29, 1.82) is 0 Å². The highest BCUT2D eigenvalue weighted by Gasteiger charge is 2.58. The van der Waals surface area contributed by atoms with Gasteiger partial charge in [-0.25, -0.2) is 0 Å². The van der Waals surface area contributed by atoms with Gasteiger partial charge in [0.25, 0.3) is 0 Å². The number of aliphatic hydroxyl groups is 1. The summed E-state index contributed by atoms with van der Waals surface area (Å²) in [7, 11) is 0. The third kappa shape index (κ3) is 2.14. The lowest BCUT2D eigenvalue weighted by Crippen LogP contribution is -2.56. The van der Waals surface area contributed by atoms with Gasteiger partial charge in [-0.2, -0.15) is 0 Å². The Labute approximate surface area is 144 Å². The van der Waals surface area contributed by atoms with Crippen molar-refractivity contribution in [2.24, 2.45) is 34.5 Å². The predicted molar refractivity (Wildman–Crippen MR) is 92.0 cm³/mol. The molecule has 0 saturated heterocycles. The minimum atomic E-state index is -0.502. The number of halogens is 1. The highest BCUT2D eigenvalue weighted by Crippen LogP contribution is 2.64. The summed E-state index contributed by atoms with van der Waals surface area (Å²) in [6.45, 7) is 4.62. The van der Waals surface area contributed by atoms with Crippen LogP contribution in [0.15, 0.2) is 23.3 Å². The molecule has 4 rings (SSSR count). The van der Waals surface area contributed by atoms with Gasteiger partial charge < -0.3 is 5.11 Å². The van der Waals surface area contributed by atoms with Crippen LogP contribution in [0.1, 0.15) is 52.4 Å². The Hall–Kier alpha value is -0.600. The number of ketones is 1. The Morgan fingerprint density at radius 3 is 2.78 bits per heavy atom. The molecular formula is C20H27ClO2. The maximum absolute atomic E-state index is 11.8. The minimum Gasteiger partial charge on any atom is -0.387 e. The zero-order chi connectivity index (χ0) is 16.4. The fraction of sp³-hybridized carbons (Fsp3) is 0.750. The van der Waals surface area contributed by atoms with Crippen molar-refractivity contribution in [1.82, 2.24) is 0 Å². The van der Waals surface area contributed by atoms with Gasteiger partial charge in [0.2, 0.25) is 0 Å². The molecule has 2 fully saturated rings. The van der Waals surface area contributed by atoms with Crippen LogP contribution in [0, 0.1) is 34.5 Å². The number of carbonyl (C=O) groups is 1. The number of hydrogen-bond donors (Lipinski definition) is 1. The molecule has 0 spiro atoms. The fourth-order valence-corrected chi connectivity index (χ4v) is 6.77. The molecule has 3 heteroatoms. The van der Waals surface area contributed by atoms with Gasteiger partial charge in [-0.1, -0.05) is 37.6 Å². The molecule has 2 nitrogen and oxygen atoms in total. The maximum atomic E-state index is 11.8. The standard InChI is InChI=1S/C20H27ClO2/c1-19-9-7-13(22)11-12(19)3-4-14-15-5-6-17(21)18(23)20(15,2)10-8-16(14)19/h6-7,9,12,14-16,18,23H,3-5,8,10-11H2,1-2H3/t12-,14-,15-,16-,18-,19-,20-/m0/s1. The average molecular weight is 335 g/mol. The smallest absolute Gasteiger partial charge is 0.155 e. The van der Waals surface area contributed by atoms with Crippen LogP contribution in [0.25, 0.3) is 0 Å². The van der Waals surface area contributed by atoms with Crippen molar-refractivity contribution in [3.63, 3.8) is 0 Å². The Bertz CT molecular complexity index is 594. The van der Waals surface area contributed by atoms with E-state index in [9.17, 15) is 9.90 Å². The van der Waals surface area contributed by atoms with E-state index in [0.717, 1.165) is 32.1 Å². The number of aliphatic hydroxyl groups excluding tert-OH is 1. The first-order valence-corrected chi connectivity index (χ1v) is 9.50. The van der Waals surface area contributed by atoms with E-state index in [1.165, 1.54) is 6.42 Å². The molecular weight excluding hydrogens is 308 g/mol. The van der Waals surface area contributed by atoms with Gasteiger partial charge in [0.15, 0.2) is 5.78 Å². The fourth-order valence-electron chi connectivity index (χ4n) is 6.43. The molecule has 0 aromatic heterocycles. The quantitative estimate of drug-likeness (QED) is 0.709. The number of hydrogen-bond acceptors (Lipinski definition) is 2. The average Bonchev–Trinajstić information content (AvgIpc) is 2.52. The lowest BCUT2D eigenvalue weighted by atomic mass is 9.44. The van der Waals surface area contributed by atoms with E-state index in [2.05, 4.69) is 26.0 Å². The Kier molecular flexibility index (Phi) is 3.59. The largest absolute Gasteiger partial charge is 0.387 e. The van der Waals surface area contributed by atoms with Crippen LogP contribution >= 0.6 is 11.6 Å². The van der Waals surface area contributed by atoms with Crippen molar-refractivity contribution in [3.8, 4) is 0 Å². The van der Waals surface area contributed by atoms with Crippen LogP contribution < -0.4 is 0 Å². The molecule has 7 atom stereocenters. The van der Waals surface area contributed by atoms with E-state index < -0.39 is 6.10 Å². The van der Waals surface area contributed by atoms with Crippen LogP contribution in [0.3, 0.4) is 0 Å². The van der Waals surface area contributed by atoms with E-state index in [4.69, 9.17) is 11.6 Å². The van der Waals surface area contributed by atoms with Crippen LogP contribution in [0.5, 0.6) is 0 Å². The molecule has 0 unspecified atom stereocenters. The van der Waals surface area contributed by atoms with Crippen molar-refractivity contribution < 1.29 is 9.90 Å². The third-order valence-corrected chi connectivity index (χ3v) is 8.29. The van der Waals surface area contributed by atoms with Crippen molar-refractivity contribution >= 4 is 17.4 Å². The molecule has 0 heterocycles. The van der Waals surface area contributed by atoms with Gasteiger partial charge in [-0.3, -0.25) is 4.79 Å². The van der Waals surface area contributed by atoms with Gasteiger partial charge in [0, 0.05) is 16.9 Å². The molecule has 0 aromatic rings. The third-order valence-electron chi connectivity index (χ3n) is 7.93. The molecule has 4 aliphatic rings. The number of allylic oxidation sites excluding steroid dienone is 3. The first-order valence-electron chi connectivity index (χ1n) is 9.12. The van der Waals surface area contributed by atoms with Crippen molar-refractivity contribution in [3.05, 3.63) is 23.3 Å². The van der Waals surface area contributed by atoms with Crippen LogP contribution in [-0.4, -0.2) is 17.0 Å². The van der Waals surface area contributed by atoms with E-state index >= 15 is 0 Å². The Balaban J connectivity index is 1.70. The van der Waals surface area contributed by atoms with Crippen LogP contribution in [0.2, 0.25) is 0 Å². The second-order valence-corrected chi connectivity index (χ2v) is 9.23. The lowest BCUT2D eigenvalue weighted by Gasteiger charge is -2.61. The molecule has 0 aliphatic heterocycles. The SMILES string of the molecule is C[C@]12C=CC(=O)C[C@@H]1CC[C@@H]1[C@@H]2CC[C@]2(C)[C@@H](O)C(Cl)=CC[C@@H]12. The van der Waals surface area contributed by atoms with Gasteiger partial charge in [-0.05, 0) is 67.3 Å². The number of rotatable bonds is 0. The Morgan fingerprint density at radius 2 is 2.00 bits per heavy atom. The molecule has 0 amide bonds. The second kappa shape index (κ2) is 5.20. The Morgan fingerprint density at radius 1 is 1.22 bits per heavy atom. The predicted octanol–water partition coefficient (Wildman–Crippen LogP) is 4.47. The van der Waals surface area contributed by atoms with Gasteiger partial charge >= 0.3 is 0 Å². The first-order chi connectivity index (χ1) is 10.9. The summed E-state index contributed by atoms with van der Waals surface area (Å²) in [5, 5.41) is 11.3. The van der Waals surface area contributed by atoms with Gasteiger partial charge in [0.05, 0.1) is 6.10 Å². The number of fused-ring (bicyclic) bond motifs is 5.